The second-order valence-corrected chi connectivity index (χ2v) is 9.41. The van der Waals surface area contributed by atoms with Crippen LogP contribution >= 0.6 is 0 Å². The van der Waals surface area contributed by atoms with Crippen molar-refractivity contribution in [2.45, 2.75) is 26.3 Å². The predicted molar refractivity (Wildman–Crippen MR) is 122 cm³/mol. The molecule has 1 aliphatic rings. The number of sulfonamides is 1. The van der Waals surface area contributed by atoms with Crippen molar-refractivity contribution in [3.63, 3.8) is 0 Å². The summed E-state index contributed by atoms with van der Waals surface area (Å²) < 4.78 is 36.8. The Morgan fingerprint density at radius 3 is 2.58 bits per heavy atom. The molecule has 7 nitrogen and oxygen atoms in total. The summed E-state index contributed by atoms with van der Waals surface area (Å²) in [6.07, 6.45) is 4.40. The highest BCUT2D eigenvalue weighted by Crippen LogP contribution is 2.28. The van der Waals surface area contributed by atoms with Crippen LogP contribution in [0.3, 0.4) is 0 Å². The Hall–Kier alpha value is -2.84. The van der Waals surface area contributed by atoms with Gasteiger partial charge in [0.2, 0.25) is 15.9 Å². The number of nitrogens with zero attached hydrogens (tertiary/aromatic N) is 1. The molecule has 1 aliphatic heterocycles. The van der Waals surface area contributed by atoms with Gasteiger partial charge in [0, 0.05) is 24.9 Å². The molecule has 8 heteroatoms. The highest BCUT2D eigenvalue weighted by atomic mass is 32.2. The molecule has 2 aromatic carbocycles. The Labute approximate surface area is 183 Å². The first-order valence-electron chi connectivity index (χ1n) is 10.2. The van der Waals surface area contributed by atoms with E-state index >= 15 is 0 Å². The van der Waals surface area contributed by atoms with E-state index in [4.69, 9.17) is 9.47 Å². The molecule has 0 bridgehead atoms. The van der Waals surface area contributed by atoms with Gasteiger partial charge in [0.05, 0.1) is 20.0 Å². The van der Waals surface area contributed by atoms with E-state index < -0.39 is 10.0 Å². The van der Waals surface area contributed by atoms with Crippen LogP contribution in [-0.2, 0) is 27.8 Å². The van der Waals surface area contributed by atoms with Crippen LogP contribution in [-0.4, -0.2) is 45.1 Å². The molecule has 0 spiro atoms. The lowest BCUT2D eigenvalue weighted by molar-refractivity contribution is -0.111. The molecule has 1 amide bonds. The van der Waals surface area contributed by atoms with Gasteiger partial charge in [-0.2, -0.15) is 4.31 Å². The molecular formula is C23H28N2O5S. The second-order valence-electron chi connectivity index (χ2n) is 7.32. The SMILES string of the molecule is CCCS(=O)(=O)N1CCc2ccc(NC(=O)/C=C/c3ccc(OC)c(OC)c3)cc2C1. The minimum absolute atomic E-state index is 0.152. The lowest BCUT2D eigenvalue weighted by Crippen LogP contribution is -2.37. The summed E-state index contributed by atoms with van der Waals surface area (Å²) in [5.74, 6) is 1.08. The topological polar surface area (TPSA) is 84.9 Å². The van der Waals surface area contributed by atoms with Crippen molar-refractivity contribution in [3.05, 3.63) is 59.2 Å². The maximum absolute atomic E-state index is 12.4. The third kappa shape index (κ3) is 5.65. The van der Waals surface area contributed by atoms with Gasteiger partial charge in [-0.3, -0.25) is 4.79 Å². The first kappa shape index (κ1) is 22.8. The van der Waals surface area contributed by atoms with Crippen molar-refractivity contribution >= 4 is 27.7 Å². The predicted octanol–water partition coefficient (Wildman–Crippen LogP) is 3.45. The van der Waals surface area contributed by atoms with Gasteiger partial charge in [-0.25, -0.2) is 8.42 Å². The van der Waals surface area contributed by atoms with Crippen LogP contribution in [0.4, 0.5) is 5.69 Å². The molecule has 0 saturated heterocycles. The summed E-state index contributed by atoms with van der Waals surface area (Å²) in [4.78, 5) is 12.4. The molecule has 0 fully saturated rings. The second kappa shape index (κ2) is 9.98. The number of carbonyl (C=O) groups is 1. The number of fused-ring (bicyclic) bond motifs is 1. The number of amides is 1. The number of benzene rings is 2. The van der Waals surface area contributed by atoms with Gasteiger partial charge in [-0.05, 0) is 59.9 Å². The van der Waals surface area contributed by atoms with Crippen molar-refractivity contribution in [1.82, 2.24) is 4.31 Å². The van der Waals surface area contributed by atoms with Crippen LogP contribution in [0.1, 0.15) is 30.0 Å². The van der Waals surface area contributed by atoms with E-state index in [9.17, 15) is 13.2 Å². The normalized spacial score (nSPS) is 14.3. The summed E-state index contributed by atoms with van der Waals surface area (Å²) in [6.45, 7) is 2.69. The summed E-state index contributed by atoms with van der Waals surface area (Å²) in [5, 5.41) is 2.84. The van der Waals surface area contributed by atoms with Crippen LogP contribution in [0, 0.1) is 0 Å². The van der Waals surface area contributed by atoms with Crippen molar-refractivity contribution in [1.29, 1.82) is 0 Å². The molecule has 0 unspecified atom stereocenters. The van der Waals surface area contributed by atoms with Crippen molar-refractivity contribution in [3.8, 4) is 11.5 Å². The number of hydrogen-bond donors (Lipinski definition) is 1. The molecule has 0 saturated carbocycles. The van der Waals surface area contributed by atoms with E-state index in [1.54, 1.807) is 32.4 Å². The minimum atomic E-state index is -3.25. The molecule has 31 heavy (non-hydrogen) atoms. The minimum Gasteiger partial charge on any atom is -0.493 e. The van der Waals surface area contributed by atoms with Crippen molar-refractivity contribution in [2.75, 3.05) is 31.8 Å². The van der Waals surface area contributed by atoms with E-state index in [0.717, 1.165) is 16.7 Å². The number of methoxy groups -OCH3 is 2. The molecule has 0 atom stereocenters. The first-order chi connectivity index (χ1) is 14.9. The fraction of sp³-hybridized carbons (Fsp3) is 0.348. The van der Waals surface area contributed by atoms with Gasteiger partial charge in [-0.15, -0.1) is 0 Å². The van der Waals surface area contributed by atoms with Crippen LogP contribution in [0.2, 0.25) is 0 Å². The van der Waals surface area contributed by atoms with Crippen LogP contribution in [0.15, 0.2) is 42.5 Å². The molecule has 0 aromatic heterocycles. The Bertz CT molecular complexity index is 1080. The Morgan fingerprint density at radius 2 is 1.87 bits per heavy atom. The molecule has 0 radical (unpaired) electrons. The quantitative estimate of drug-likeness (QED) is 0.631. The molecule has 0 aliphatic carbocycles. The van der Waals surface area contributed by atoms with Gasteiger partial charge in [-0.1, -0.05) is 19.1 Å². The highest BCUT2D eigenvalue weighted by Gasteiger charge is 2.26. The third-order valence-electron chi connectivity index (χ3n) is 5.14. The van der Waals surface area contributed by atoms with E-state index in [2.05, 4.69) is 5.32 Å². The van der Waals surface area contributed by atoms with Crippen molar-refractivity contribution in [2.24, 2.45) is 0 Å². The van der Waals surface area contributed by atoms with E-state index in [-0.39, 0.29) is 11.7 Å². The van der Waals surface area contributed by atoms with Gasteiger partial charge >= 0.3 is 0 Å². The Morgan fingerprint density at radius 1 is 1.10 bits per heavy atom. The smallest absolute Gasteiger partial charge is 0.248 e. The van der Waals surface area contributed by atoms with Crippen LogP contribution < -0.4 is 14.8 Å². The number of hydrogen-bond acceptors (Lipinski definition) is 5. The van der Waals surface area contributed by atoms with Gasteiger partial charge < -0.3 is 14.8 Å². The molecule has 1 heterocycles. The van der Waals surface area contributed by atoms with Crippen LogP contribution in [0.25, 0.3) is 6.08 Å². The molecule has 166 valence electrons. The summed E-state index contributed by atoms with van der Waals surface area (Å²) in [5.41, 5.74) is 3.47. The fourth-order valence-corrected chi connectivity index (χ4v) is 5.03. The monoisotopic (exact) mass is 444 g/mol. The van der Waals surface area contributed by atoms with E-state index in [1.807, 2.05) is 31.2 Å². The van der Waals surface area contributed by atoms with Gasteiger partial charge in [0.1, 0.15) is 0 Å². The lowest BCUT2D eigenvalue weighted by Gasteiger charge is -2.28. The lowest BCUT2D eigenvalue weighted by atomic mass is 10.0. The number of nitrogens with one attached hydrogen (secondary N) is 1. The summed E-state index contributed by atoms with van der Waals surface area (Å²) in [7, 11) is -0.121. The van der Waals surface area contributed by atoms with Gasteiger partial charge in [0.25, 0.3) is 0 Å². The van der Waals surface area contributed by atoms with Crippen LogP contribution in [0.5, 0.6) is 11.5 Å². The Kier molecular flexibility index (Phi) is 7.35. The first-order valence-corrected chi connectivity index (χ1v) is 11.8. The number of carbonyl (C=O) groups excluding carboxylic acids is 1. The Balaban J connectivity index is 1.68. The zero-order valence-corrected chi connectivity index (χ0v) is 18.9. The third-order valence-corrected chi connectivity index (χ3v) is 7.16. The highest BCUT2D eigenvalue weighted by molar-refractivity contribution is 7.89. The summed E-state index contributed by atoms with van der Waals surface area (Å²) in [6, 6.07) is 11.0. The van der Waals surface area contributed by atoms with E-state index in [0.29, 0.717) is 43.1 Å². The molecule has 2 aromatic rings. The van der Waals surface area contributed by atoms with Crippen molar-refractivity contribution < 1.29 is 22.7 Å². The number of rotatable bonds is 8. The number of anilines is 1. The zero-order chi connectivity index (χ0) is 22.4. The van der Waals surface area contributed by atoms with Gasteiger partial charge in [0.15, 0.2) is 11.5 Å². The largest absolute Gasteiger partial charge is 0.493 e. The summed E-state index contributed by atoms with van der Waals surface area (Å²) >= 11 is 0. The van der Waals surface area contributed by atoms with E-state index in [1.165, 1.54) is 10.4 Å². The molecule has 3 rings (SSSR count). The maximum atomic E-state index is 12.4. The molecule has 1 N–H and O–H groups in total. The number of ether oxygens (including phenoxy) is 2. The molecular weight excluding hydrogens is 416 g/mol. The average Bonchev–Trinajstić information content (AvgIpc) is 2.76. The standard InChI is InChI=1S/C23H28N2O5S/c1-4-13-31(27,28)25-12-11-18-7-8-20(15-19(18)16-25)24-23(26)10-6-17-5-9-21(29-2)22(14-17)30-3/h5-10,14-15H,4,11-13,16H2,1-3H3,(H,24,26)/b10-6+. The zero-order valence-electron chi connectivity index (χ0n) is 18.1. The fourth-order valence-electron chi connectivity index (χ4n) is 3.55. The maximum Gasteiger partial charge on any atom is 0.248 e. The average molecular weight is 445 g/mol.